The van der Waals surface area contributed by atoms with Gasteiger partial charge in [-0.15, -0.1) is 11.3 Å². The molecule has 0 bridgehead atoms. The summed E-state index contributed by atoms with van der Waals surface area (Å²) in [5.41, 5.74) is 6.79. The first kappa shape index (κ1) is 21.1. The molecular weight excluding hydrogens is 400 g/mol. The summed E-state index contributed by atoms with van der Waals surface area (Å²) in [5, 5.41) is 0. The van der Waals surface area contributed by atoms with Crippen LogP contribution in [-0.4, -0.2) is 12.9 Å². The van der Waals surface area contributed by atoms with Crippen molar-refractivity contribution >= 4 is 17.1 Å². The summed E-state index contributed by atoms with van der Waals surface area (Å²) in [5.74, 6) is 0.890. The van der Waals surface area contributed by atoms with Crippen LogP contribution in [0, 0.1) is 20.8 Å². The van der Waals surface area contributed by atoms with Crippen molar-refractivity contribution < 1.29 is 9.53 Å². The molecule has 2 nitrogen and oxygen atoms in total. The smallest absolute Gasteiger partial charge is 0.194 e. The van der Waals surface area contributed by atoms with Crippen molar-refractivity contribution in [1.29, 1.82) is 0 Å². The van der Waals surface area contributed by atoms with Crippen LogP contribution >= 0.6 is 11.3 Å². The third-order valence-electron chi connectivity index (χ3n) is 5.72. The van der Waals surface area contributed by atoms with Crippen LogP contribution in [0.3, 0.4) is 0 Å². The Hall–Kier alpha value is -3.17. The molecule has 0 spiro atoms. The second-order valence-corrected chi connectivity index (χ2v) is 9.12. The molecule has 156 valence electrons. The molecule has 0 saturated heterocycles. The Morgan fingerprint density at radius 3 is 2.19 bits per heavy atom. The number of carbonyl (C=O) groups is 1. The number of hydrogen-bond acceptors (Lipinski definition) is 3. The van der Waals surface area contributed by atoms with Crippen molar-refractivity contribution in [2.75, 3.05) is 7.11 Å². The minimum Gasteiger partial charge on any atom is -0.496 e. The first-order valence-corrected chi connectivity index (χ1v) is 11.2. The van der Waals surface area contributed by atoms with Crippen molar-refractivity contribution in [3.05, 3.63) is 110 Å². The van der Waals surface area contributed by atoms with Crippen LogP contribution in [0.2, 0.25) is 0 Å². The Balaban J connectivity index is 1.81. The minimum absolute atomic E-state index is 0.0794. The molecule has 0 aliphatic rings. The van der Waals surface area contributed by atoms with Crippen molar-refractivity contribution in [2.24, 2.45) is 0 Å². The van der Waals surface area contributed by atoms with Crippen molar-refractivity contribution in [1.82, 2.24) is 0 Å². The first-order chi connectivity index (χ1) is 15.0. The van der Waals surface area contributed by atoms with Gasteiger partial charge in [-0.3, -0.25) is 4.79 Å². The Morgan fingerprint density at radius 1 is 0.903 bits per heavy atom. The summed E-state index contributed by atoms with van der Waals surface area (Å²) < 4.78 is 5.69. The maximum absolute atomic E-state index is 13.8. The second-order valence-electron chi connectivity index (χ2n) is 7.81. The molecule has 0 radical (unpaired) electrons. The Morgan fingerprint density at radius 2 is 1.55 bits per heavy atom. The molecule has 0 amide bonds. The lowest BCUT2D eigenvalue weighted by molar-refractivity contribution is 0.103. The zero-order valence-corrected chi connectivity index (χ0v) is 19.2. The maximum atomic E-state index is 13.8. The molecule has 3 aromatic carbocycles. The molecule has 0 aliphatic carbocycles. The van der Waals surface area contributed by atoms with Gasteiger partial charge in [-0.05, 0) is 55.2 Å². The number of benzene rings is 3. The molecular formula is C28H26O2S. The zero-order chi connectivity index (χ0) is 22.0. The van der Waals surface area contributed by atoms with Gasteiger partial charge in [0.25, 0.3) is 0 Å². The molecule has 0 atom stereocenters. The van der Waals surface area contributed by atoms with Gasteiger partial charge in [0, 0.05) is 32.9 Å². The van der Waals surface area contributed by atoms with E-state index in [2.05, 4.69) is 26.0 Å². The number of methoxy groups -OCH3 is 1. The van der Waals surface area contributed by atoms with Crippen LogP contribution in [0.1, 0.15) is 42.4 Å². The van der Waals surface area contributed by atoms with Crippen LogP contribution in [0.4, 0.5) is 0 Å². The van der Waals surface area contributed by atoms with Crippen LogP contribution < -0.4 is 4.74 Å². The van der Waals surface area contributed by atoms with E-state index in [4.69, 9.17) is 4.74 Å². The summed E-state index contributed by atoms with van der Waals surface area (Å²) in [6.45, 7) is 6.15. The molecule has 31 heavy (non-hydrogen) atoms. The SMILES string of the molecule is COc1c(C)cc(C(=O)c2c(Cc3ccccc3)sc(C)c2C)cc1-c1ccccc1. The molecule has 4 rings (SSSR count). The van der Waals surface area contributed by atoms with Crippen molar-refractivity contribution in [2.45, 2.75) is 27.2 Å². The number of ketones is 1. The van der Waals surface area contributed by atoms with E-state index in [-0.39, 0.29) is 5.78 Å². The fourth-order valence-electron chi connectivity index (χ4n) is 4.05. The summed E-state index contributed by atoms with van der Waals surface area (Å²) in [6.07, 6.45) is 0.766. The van der Waals surface area contributed by atoms with Crippen molar-refractivity contribution in [3.63, 3.8) is 0 Å². The molecule has 3 heteroatoms. The fourth-order valence-corrected chi connectivity index (χ4v) is 5.26. The average Bonchev–Trinajstić information content (AvgIpc) is 3.06. The van der Waals surface area contributed by atoms with E-state index in [1.807, 2.05) is 67.6 Å². The fraction of sp³-hybridized carbons (Fsp3) is 0.179. The number of carbonyl (C=O) groups excluding carboxylic acids is 1. The van der Waals surface area contributed by atoms with Crippen LogP contribution in [-0.2, 0) is 6.42 Å². The average molecular weight is 427 g/mol. The summed E-state index contributed by atoms with van der Waals surface area (Å²) >= 11 is 1.73. The normalized spacial score (nSPS) is 10.8. The monoisotopic (exact) mass is 426 g/mol. The largest absolute Gasteiger partial charge is 0.496 e. The number of aryl methyl sites for hydroxylation is 2. The molecule has 0 saturated carbocycles. The number of hydrogen-bond donors (Lipinski definition) is 0. The predicted molar refractivity (Wildman–Crippen MR) is 130 cm³/mol. The summed E-state index contributed by atoms with van der Waals surface area (Å²) in [6, 6.07) is 24.4. The van der Waals surface area contributed by atoms with E-state index in [0.717, 1.165) is 44.9 Å². The van der Waals surface area contributed by atoms with E-state index in [9.17, 15) is 4.79 Å². The van der Waals surface area contributed by atoms with Gasteiger partial charge in [-0.2, -0.15) is 0 Å². The molecule has 1 aromatic heterocycles. The van der Waals surface area contributed by atoms with E-state index < -0.39 is 0 Å². The Labute approximate surface area is 188 Å². The van der Waals surface area contributed by atoms with E-state index in [1.54, 1.807) is 18.4 Å². The molecule has 0 N–H and O–H groups in total. The standard InChI is InChI=1S/C28H26O2S/c1-18-15-23(17-24(28(18)30-4)22-13-9-6-10-14-22)27(29)26-19(2)20(3)31-25(26)16-21-11-7-5-8-12-21/h5-15,17H,16H2,1-4H3. The van der Waals surface area contributed by atoms with Gasteiger partial charge in [0.05, 0.1) is 7.11 Å². The van der Waals surface area contributed by atoms with Gasteiger partial charge >= 0.3 is 0 Å². The highest BCUT2D eigenvalue weighted by atomic mass is 32.1. The third kappa shape index (κ3) is 4.19. The summed E-state index contributed by atoms with van der Waals surface area (Å²) in [4.78, 5) is 16.1. The number of thiophene rings is 1. The molecule has 1 heterocycles. The Kier molecular flexibility index (Phi) is 6.06. The Bertz CT molecular complexity index is 1220. The van der Waals surface area contributed by atoms with Crippen molar-refractivity contribution in [3.8, 4) is 16.9 Å². The maximum Gasteiger partial charge on any atom is 0.194 e. The van der Waals surface area contributed by atoms with Crippen LogP contribution in [0.5, 0.6) is 5.75 Å². The lowest BCUT2D eigenvalue weighted by atomic mass is 9.92. The number of ether oxygens (including phenoxy) is 1. The second kappa shape index (κ2) is 8.91. The summed E-state index contributed by atoms with van der Waals surface area (Å²) in [7, 11) is 1.68. The minimum atomic E-state index is 0.0794. The first-order valence-electron chi connectivity index (χ1n) is 10.4. The van der Waals surface area contributed by atoms with E-state index in [0.29, 0.717) is 5.56 Å². The van der Waals surface area contributed by atoms with Gasteiger partial charge in [-0.1, -0.05) is 60.7 Å². The number of rotatable bonds is 6. The predicted octanol–water partition coefficient (Wildman–Crippen LogP) is 7.17. The van der Waals surface area contributed by atoms with Gasteiger partial charge < -0.3 is 4.74 Å². The van der Waals surface area contributed by atoms with Gasteiger partial charge in [0.1, 0.15) is 5.75 Å². The van der Waals surface area contributed by atoms with E-state index >= 15 is 0 Å². The lowest BCUT2D eigenvalue weighted by Gasteiger charge is -2.15. The highest BCUT2D eigenvalue weighted by Crippen LogP contribution is 2.37. The van der Waals surface area contributed by atoms with Gasteiger partial charge in [0.15, 0.2) is 5.78 Å². The lowest BCUT2D eigenvalue weighted by Crippen LogP contribution is -2.07. The highest BCUT2D eigenvalue weighted by molar-refractivity contribution is 7.12. The molecule has 0 unspecified atom stereocenters. The zero-order valence-electron chi connectivity index (χ0n) is 18.4. The molecule has 0 fully saturated rings. The third-order valence-corrected chi connectivity index (χ3v) is 6.93. The van der Waals surface area contributed by atoms with Crippen LogP contribution in [0.15, 0.2) is 72.8 Å². The van der Waals surface area contributed by atoms with Crippen LogP contribution in [0.25, 0.3) is 11.1 Å². The highest BCUT2D eigenvalue weighted by Gasteiger charge is 2.23. The molecule has 4 aromatic rings. The van der Waals surface area contributed by atoms with Gasteiger partial charge in [-0.25, -0.2) is 0 Å². The van der Waals surface area contributed by atoms with Gasteiger partial charge in [0.2, 0.25) is 0 Å². The molecule has 0 aliphatic heterocycles. The topological polar surface area (TPSA) is 26.3 Å². The quantitative estimate of drug-likeness (QED) is 0.305. The van der Waals surface area contributed by atoms with E-state index in [1.165, 1.54) is 10.4 Å².